The molecule has 140 valence electrons. The van der Waals surface area contributed by atoms with E-state index < -0.39 is 0 Å². The number of halogens is 1. The van der Waals surface area contributed by atoms with E-state index >= 15 is 0 Å². The molecule has 0 aromatic heterocycles. The molecule has 7 heteroatoms. The molecule has 0 atom stereocenters. The molecule has 0 spiro atoms. The monoisotopic (exact) mass is 460 g/mol. The Hall–Kier alpha value is -1.35. The summed E-state index contributed by atoms with van der Waals surface area (Å²) < 4.78 is 5.37. The van der Waals surface area contributed by atoms with Crippen LogP contribution in [0.4, 0.5) is 5.69 Å². The molecule has 1 aliphatic rings. The number of carbonyl (C=O) groups excluding carboxylic acids is 1. The fourth-order valence-corrected chi connectivity index (χ4v) is 2.64. The summed E-state index contributed by atoms with van der Waals surface area (Å²) >= 11 is 0. The number of guanidine groups is 1. The van der Waals surface area contributed by atoms with Gasteiger partial charge in [0, 0.05) is 32.9 Å². The van der Waals surface area contributed by atoms with Gasteiger partial charge in [-0.2, -0.15) is 0 Å². The van der Waals surface area contributed by atoms with Crippen molar-refractivity contribution in [1.82, 2.24) is 10.6 Å². The van der Waals surface area contributed by atoms with Gasteiger partial charge in [0.25, 0.3) is 0 Å². The minimum Gasteiger partial charge on any atom is -0.377 e. The molecule has 0 unspecified atom stereocenters. The van der Waals surface area contributed by atoms with E-state index in [0.29, 0.717) is 12.5 Å². The highest BCUT2D eigenvalue weighted by molar-refractivity contribution is 14.0. The van der Waals surface area contributed by atoms with Crippen molar-refractivity contribution >= 4 is 41.5 Å². The Balaban J connectivity index is 0.00000312. The molecule has 0 radical (unpaired) electrons. The zero-order chi connectivity index (χ0) is 17.6. The van der Waals surface area contributed by atoms with Crippen molar-refractivity contribution in [2.45, 2.75) is 32.3 Å². The second-order valence-electron chi connectivity index (χ2n) is 6.52. The first-order chi connectivity index (χ1) is 11.5. The van der Waals surface area contributed by atoms with Gasteiger partial charge < -0.3 is 20.3 Å². The van der Waals surface area contributed by atoms with Crippen LogP contribution in [0, 0.1) is 0 Å². The van der Waals surface area contributed by atoms with Crippen molar-refractivity contribution in [3.05, 3.63) is 29.8 Å². The van der Waals surface area contributed by atoms with Crippen LogP contribution in [0.2, 0.25) is 0 Å². The summed E-state index contributed by atoms with van der Waals surface area (Å²) in [5, 5.41) is 6.27. The summed E-state index contributed by atoms with van der Waals surface area (Å²) in [6.45, 7) is 5.55. The van der Waals surface area contributed by atoms with Crippen molar-refractivity contribution in [3.8, 4) is 0 Å². The van der Waals surface area contributed by atoms with E-state index in [2.05, 4.69) is 21.7 Å². The summed E-state index contributed by atoms with van der Waals surface area (Å²) in [5.74, 6) is 0.648. The lowest BCUT2D eigenvalue weighted by atomic mass is 10.0. The van der Waals surface area contributed by atoms with E-state index in [4.69, 9.17) is 4.74 Å². The van der Waals surface area contributed by atoms with Crippen LogP contribution >= 0.6 is 24.0 Å². The van der Waals surface area contributed by atoms with Crippen molar-refractivity contribution in [1.29, 1.82) is 0 Å². The Morgan fingerprint density at radius 1 is 1.32 bits per heavy atom. The molecule has 2 rings (SSSR count). The number of nitrogens with one attached hydrogen (secondary N) is 2. The number of hydrogen-bond acceptors (Lipinski definition) is 3. The number of nitrogens with zero attached hydrogens (tertiary/aromatic N) is 2. The van der Waals surface area contributed by atoms with Crippen molar-refractivity contribution in [2.24, 2.45) is 4.99 Å². The molecule has 1 amide bonds. The molecule has 0 saturated heterocycles. The number of hydrogen-bond donors (Lipinski definition) is 2. The number of aliphatic imine (C=N–C) groups is 1. The van der Waals surface area contributed by atoms with Crippen LogP contribution < -0.4 is 15.5 Å². The van der Waals surface area contributed by atoms with Crippen molar-refractivity contribution in [3.63, 3.8) is 0 Å². The number of rotatable bonds is 5. The first-order valence-corrected chi connectivity index (χ1v) is 8.35. The summed E-state index contributed by atoms with van der Waals surface area (Å²) in [6, 6.07) is 8.11. The van der Waals surface area contributed by atoms with Crippen molar-refractivity contribution < 1.29 is 9.53 Å². The molecule has 2 N–H and O–H groups in total. The number of amides is 1. The summed E-state index contributed by atoms with van der Waals surface area (Å²) in [4.78, 5) is 18.6. The van der Waals surface area contributed by atoms with Gasteiger partial charge in [0.1, 0.15) is 0 Å². The normalized spacial score (nSPS) is 14.4. The molecule has 0 fully saturated rings. The maximum atomic E-state index is 12.6. The number of aryl methyl sites for hydroxylation is 1. The summed E-state index contributed by atoms with van der Waals surface area (Å²) in [5.41, 5.74) is 1.97. The van der Waals surface area contributed by atoms with Gasteiger partial charge >= 0.3 is 0 Å². The molecule has 0 aliphatic carbocycles. The van der Waals surface area contributed by atoms with Gasteiger partial charge in [-0.25, -0.2) is 0 Å². The lowest BCUT2D eigenvalue weighted by Crippen LogP contribution is -2.49. The average Bonchev–Trinajstić information content (AvgIpc) is 2.61. The second-order valence-corrected chi connectivity index (χ2v) is 6.52. The van der Waals surface area contributed by atoms with Gasteiger partial charge in [0.05, 0.1) is 12.1 Å². The van der Waals surface area contributed by atoms with Crippen LogP contribution in [0.25, 0.3) is 0 Å². The maximum absolute atomic E-state index is 12.6. The number of anilines is 1. The SMILES string of the molecule is CN=C(NCC(=O)N1CCCc2ccccc21)NCC(C)(C)OC.I. The van der Waals surface area contributed by atoms with E-state index in [1.54, 1.807) is 14.2 Å². The molecular weight excluding hydrogens is 431 g/mol. The number of methoxy groups -OCH3 is 1. The Kier molecular flexibility index (Phi) is 8.64. The van der Waals surface area contributed by atoms with Gasteiger partial charge in [0.2, 0.25) is 5.91 Å². The second kappa shape index (κ2) is 9.96. The lowest BCUT2D eigenvalue weighted by molar-refractivity contribution is -0.117. The minimum atomic E-state index is -0.298. The predicted molar refractivity (Wildman–Crippen MR) is 113 cm³/mol. The highest BCUT2D eigenvalue weighted by atomic mass is 127. The number of carbonyl (C=O) groups is 1. The van der Waals surface area contributed by atoms with E-state index in [1.165, 1.54) is 5.56 Å². The van der Waals surface area contributed by atoms with E-state index in [0.717, 1.165) is 25.1 Å². The molecular formula is C18H29IN4O2. The van der Waals surface area contributed by atoms with Gasteiger partial charge in [-0.05, 0) is 38.3 Å². The van der Waals surface area contributed by atoms with Crippen LogP contribution in [0.5, 0.6) is 0 Å². The fourth-order valence-electron chi connectivity index (χ4n) is 2.64. The smallest absolute Gasteiger partial charge is 0.246 e. The number of ether oxygens (including phenoxy) is 1. The quantitative estimate of drug-likeness (QED) is 0.402. The molecule has 6 nitrogen and oxygen atoms in total. The van der Waals surface area contributed by atoms with Gasteiger partial charge in [-0.1, -0.05) is 18.2 Å². The first kappa shape index (κ1) is 21.7. The fraction of sp³-hybridized carbons (Fsp3) is 0.556. The number of fused-ring (bicyclic) bond motifs is 1. The molecule has 1 heterocycles. The standard InChI is InChI=1S/C18H28N4O2.HI/c1-18(2,24-4)13-21-17(19-3)20-12-16(23)22-11-7-9-14-8-5-6-10-15(14)22;/h5-6,8,10H,7,9,11-13H2,1-4H3,(H2,19,20,21);1H. The zero-order valence-corrected chi connectivity index (χ0v) is 17.8. The maximum Gasteiger partial charge on any atom is 0.246 e. The van der Waals surface area contributed by atoms with Crippen LogP contribution in [-0.4, -0.2) is 51.3 Å². The van der Waals surface area contributed by atoms with Crippen LogP contribution in [0.1, 0.15) is 25.8 Å². The number of para-hydroxylation sites is 1. The highest BCUT2D eigenvalue weighted by Crippen LogP contribution is 2.26. The minimum absolute atomic E-state index is 0. The third kappa shape index (κ3) is 6.14. The third-order valence-electron chi connectivity index (χ3n) is 4.28. The Labute approximate surface area is 167 Å². The van der Waals surface area contributed by atoms with E-state index in [9.17, 15) is 4.79 Å². The van der Waals surface area contributed by atoms with Gasteiger partial charge in [0.15, 0.2) is 5.96 Å². The van der Waals surface area contributed by atoms with Gasteiger partial charge in [-0.3, -0.25) is 9.79 Å². The van der Waals surface area contributed by atoms with Crippen molar-refractivity contribution in [2.75, 3.05) is 38.7 Å². The molecule has 1 aliphatic heterocycles. The summed E-state index contributed by atoms with van der Waals surface area (Å²) in [7, 11) is 3.37. The van der Waals surface area contributed by atoms with Crippen LogP contribution in [-0.2, 0) is 16.0 Å². The largest absolute Gasteiger partial charge is 0.377 e. The molecule has 25 heavy (non-hydrogen) atoms. The molecule has 0 saturated carbocycles. The van der Waals surface area contributed by atoms with Gasteiger partial charge in [-0.15, -0.1) is 24.0 Å². The highest BCUT2D eigenvalue weighted by Gasteiger charge is 2.22. The lowest BCUT2D eigenvalue weighted by Gasteiger charge is -2.30. The summed E-state index contributed by atoms with van der Waals surface area (Å²) in [6.07, 6.45) is 2.03. The number of benzene rings is 1. The first-order valence-electron chi connectivity index (χ1n) is 8.35. The van der Waals surface area contributed by atoms with E-state index in [1.807, 2.05) is 36.9 Å². The topological polar surface area (TPSA) is 66.0 Å². The Morgan fingerprint density at radius 2 is 2.04 bits per heavy atom. The average molecular weight is 460 g/mol. The Bertz CT molecular complexity index is 604. The van der Waals surface area contributed by atoms with Crippen LogP contribution in [0.15, 0.2) is 29.3 Å². The molecule has 1 aromatic carbocycles. The van der Waals surface area contributed by atoms with Crippen LogP contribution in [0.3, 0.4) is 0 Å². The zero-order valence-electron chi connectivity index (χ0n) is 15.5. The third-order valence-corrected chi connectivity index (χ3v) is 4.28. The van der Waals surface area contributed by atoms with E-state index in [-0.39, 0.29) is 42.0 Å². The molecule has 1 aromatic rings. The predicted octanol–water partition coefficient (Wildman–Crippen LogP) is 2.17. The Morgan fingerprint density at radius 3 is 2.72 bits per heavy atom. The molecule has 0 bridgehead atoms.